The minimum Gasteiger partial charge on any atom is -0.497 e. The van der Waals surface area contributed by atoms with Gasteiger partial charge in [-0.1, -0.05) is 12.1 Å². The molecule has 0 aromatic heterocycles. The van der Waals surface area contributed by atoms with Gasteiger partial charge in [-0.15, -0.1) is 11.8 Å². The maximum absolute atomic E-state index is 12.4. The zero-order chi connectivity index (χ0) is 18.0. The second-order valence-corrected chi connectivity index (χ2v) is 8.44. The molecule has 1 unspecified atom stereocenters. The van der Waals surface area contributed by atoms with Crippen LogP contribution in [0.1, 0.15) is 10.9 Å². The number of amides is 1. The molecule has 25 heavy (non-hydrogen) atoms. The van der Waals surface area contributed by atoms with Gasteiger partial charge in [-0.25, -0.2) is 8.42 Å². The van der Waals surface area contributed by atoms with Crippen LogP contribution in [-0.4, -0.2) is 33.4 Å². The Morgan fingerprint density at radius 3 is 2.56 bits per heavy atom. The molecule has 0 saturated carbocycles. The average Bonchev–Trinajstić information content (AvgIpc) is 2.95. The van der Waals surface area contributed by atoms with Gasteiger partial charge in [0.25, 0.3) is 0 Å². The summed E-state index contributed by atoms with van der Waals surface area (Å²) in [5.41, 5.74) is 2.12. The van der Waals surface area contributed by atoms with E-state index in [0.717, 1.165) is 23.3 Å². The summed E-state index contributed by atoms with van der Waals surface area (Å²) in [5, 5.41) is -0.206. The highest BCUT2D eigenvalue weighted by Gasteiger charge is 2.34. The van der Waals surface area contributed by atoms with Gasteiger partial charge in [0.15, 0.2) is 0 Å². The third-order valence-corrected chi connectivity index (χ3v) is 5.51. The third kappa shape index (κ3) is 4.08. The first kappa shape index (κ1) is 17.6. The van der Waals surface area contributed by atoms with E-state index in [-0.39, 0.29) is 11.3 Å². The lowest BCUT2D eigenvalue weighted by Crippen LogP contribution is -2.27. The summed E-state index contributed by atoms with van der Waals surface area (Å²) >= 11 is 1.51. The molecule has 3 rings (SSSR count). The first-order valence-corrected chi connectivity index (χ1v) is 10.5. The quantitative estimate of drug-likeness (QED) is 0.866. The Balaban J connectivity index is 1.92. The van der Waals surface area contributed by atoms with E-state index in [4.69, 9.17) is 4.74 Å². The fourth-order valence-corrected chi connectivity index (χ4v) is 4.38. The number of carbonyl (C=O) groups excluding carboxylic acids is 1. The van der Waals surface area contributed by atoms with Crippen LogP contribution in [0.5, 0.6) is 5.75 Å². The lowest BCUT2D eigenvalue weighted by Gasteiger charge is -2.25. The number of ether oxygens (including phenoxy) is 1. The van der Waals surface area contributed by atoms with Crippen LogP contribution >= 0.6 is 11.8 Å². The number of hydrogen-bond acceptors (Lipinski definition) is 5. The van der Waals surface area contributed by atoms with Crippen LogP contribution in [0.25, 0.3) is 0 Å². The van der Waals surface area contributed by atoms with Crippen molar-refractivity contribution in [1.29, 1.82) is 0 Å². The van der Waals surface area contributed by atoms with E-state index in [9.17, 15) is 13.2 Å². The van der Waals surface area contributed by atoms with Gasteiger partial charge in [-0.05, 0) is 42.0 Å². The zero-order valence-electron chi connectivity index (χ0n) is 13.8. The average molecular weight is 378 g/mol. The smallest absolute Gasteiger partial charge is 0.238 e. The van der Waals surface area contributed by atoms with Crippen LogP contribution in [0.4, 0.5) is 11.4 Å². The number of thioether (sulfide) groups is 1. The number of carbonyl (C=O) groups is 1. The van der Waals surface area contributed by atoms with Crippen molar-refractivity contribution in [3.05, 3.63) is 54.1 Å². The van der Waals surface area contributed by atoms with Crippen molar-refractivity contribution < 1.29 is 17.9 Å². The SMILES string of the molecule is COc1ccc(N2C(=O)CSC2c2cccc(NS(C)(=O)=O)c2)cc1. The first-order valence-electron chi connectivity index (χ1n) is 7.53. The Morgan fingerprint density at radius 1 is 1.20 bits per heavy atom. The fourth-order valence-electron chi connectivity index (χ4n) is 2.66. The summed E-state index contributed by atoms with van der Waals surface area (Å²) in [6.45, 7) is 0. The Kier molecular flexibility index (Phi) is 4.91. The summed E-state index contributed by atoms with van der Waals surface area (Å²) in [6, 6.07) is 14.4. The molecular formula is C17H18N2O4S2. The minimum atomic E-state index is -3.35. The molecule has 1 atom stereocenters. The van der Waals surface area contributed by atoms with E-state index in [1.165, 1.54) is 11.8 Å². The number of anilines is 2. The number of nitrogens with one attached hydrogen (secondary N) is 1. The van der Waals surface area contributed by atoms with Crippen LogP contribution in [0.2, 0.25) is 0 Å². The Hall–Kier alpha value is -2.19. The van der Waals surface area contributed by atoms with Gasteiger partial charge >= 0.3 is 0 Å². The molecule has 1 saturated heterocycles. The Labute approximate surface area is 151 Å². The minimum absolute atomic E-state index is 0.0154. The largest absolute Gasteiger partial charge is 0.497 e. The lowest BCUT2D eigenvalue weighted by atomic mass is 10.1. The maximum atomic E-state index is 12.4. The Morgan fingerprint density at radius 2 is 1.92 bits per heavy atom. The van der Waals surface area contributed by atoms with Crippen LogP contribution in [0, 0.1) is 0 Å². The normalized spacial score (nSPS) is 17.6. The number of benzene rings is 2. The van der Waals surface area contributed by atoms with Crippen molar-refractivity contribution in [2.75, 3.05) is 28.7 Å². The molecule has 1 aliphatic rings. The highest BCUT2D eigenvalue weighted by atomic mass is 32.2. The monoisotopic (exact) mass is 378 g/mol. The summed E-state index contributed by atoms with van der Waals surface area (Å²) in [4.78, 5) is 14.1. The van der Waals surface area contributed by atoms with E-state index in [0.29, 0.717) is 11.4 Å². The maximum Gasteiger partial charge on any atom is 0.238 e. The lowest BCUT2D eigenvalue weighted by molar-refractivity contribution is -0.115. The summed E-state index contributed by atoms with van der Waals surface area (Å²) < 4.78 is 30.5. The van der Waals surface area contributed by atoms with E-state index in [2.05, 4.69) is 4.72 Å². The van der Waals surface area contributed by atoms with Gasteiger partial charge in [0.05, 0.1) is 19.1 Å². The van der Waals surface area contributed by atoms with Crippen molar-refractivity contribution in [3.8, 4) is 5.75 Å². The van der Waals surface area contributed by atoms with Gasteiger partial charge in [-0.2, -0.15) is 0 Å². The molecule has 8 heteroatoms. The standard InChI is InChI=1S/C17H18N2O4S2/c1-23-15-8-6-14(7-9-15)19-16(20)11-24-17(19)12-4-3-5-13(10-12)18-25(2,21)22/h3-10,17-18H,11H2,1-2H3. The number of rotatable bonds is 5. The van der Waals surface area contributed by atoms with Crippen molar-refractivity contribution in [3.63, 3.8) is 0 Å². The summed E-state index contributed by atoms with van der Waals surface area (Å²) in [5.74, 6) is 1.11. The predicted molar refractivity (Wildman–Crippen MR) is 101 cm³/mol. The van der Waals surface area contributed by atoms with Gasteiger partial charge in [0, 0.05) is 11.4 Å². The second-order valence-electron chi connectivity index (χ2n) is 5.62. The van der Waals surface area contributed by atoms with Gasteiger partial charge in [0.1, 0.15) is 11.1 Å². The fraction of sp³-hybridized carbons (Fsp3) is 0.235. The molecule has 6 nitrogen and oxygen atoms in total. The second kappa shape index (κ2) is 6.97. The number of sulfonamides is 1. The molecule has 132 valence electrons. The van der Waals surface area contributed by atoms with E-state index < -0.39 is 10.0 Å². The number of methoxy groups -OCH3 is 1. The molecule has 0 aliphatic carbocycles. The molecule has 0 spiro atoms. The van der Waals surface area contributed by atoms with Crippen molar-refractivity contribution in [2.24, 2.45) is 0 Å². The topological polar surface area (TPSA) is 75.7 Å². The molecule has 2 aromatic carbocycles. The van der Waals surface area contributed by atoms with Gasteiger partial charge < -0.3 is 4.74 Å². The van der Waals surface area contributed by atoms with Crippen molar-refractivity contribution in [2.45, 2.75) is 5.37 Å². The van der Waals surface area contributed by atoms with E-state index >= 15 is 0 Å². The van der Waals surface area contributed by atoms with Crippen molar-refractivity contribution in [1.82, 2.24) is 0 Å². The van der Waals surface area contributed by atoms with Crippen LogP contribution in [-0.2, 0) is 14.8 Å². The summed E-state index contributed by atoms with van der Waals surface area (Å²) in [7, 11) is -1.76. The highest BCUT2D eigenvalue weighted by molar-refractivity contribution is 8.00. The molecule has 2 aromatic rings. The zero-order valence-corrected chi connectivity index (χ0v) is 15.4. The summed E-state index contributed by atoms with van der Waals surface area (Å²) in [6.07, 6.45) is 1.11. The number of nitrogens with zero attached hydrogens (tertiary/aromatic N) is 1. The Bertz CT molecular complexity index is 882. The van der Waals surface area contributed by atoms with Crippen LogP contribution < -0.4 is 14.4 Å². The van der Waals surface area contributed by atoms with Gasteiger partial charge in [0.2, 0.25) is 15.9 Å². The highest BCUT2D eigenvalue weighted by Crippen LogP contribution is 2.42. The predicted octanol–water partition coefficient (Wildman–Crippen LogP) is 2.85. The van der Waals surface area contributed by atoms with Crippen LogP contribution in [0.15, 0.2) is 48.5 Å². The van der Waals surface area contributed by atoms with Gasteiger partial charge in [-0.3, -0.25) is 14.4 Å². The molecule has 1 aliphatic heterocycles. The molecule has 1 N–H and O–H groups in total. The van der Waals surface area contributed by atoms with Crippen molar-refractivity contribution >= 4 is 39.1 Å². The third-order valence-electron chi connectivity index (χ3n) is 3.69. The molecule has 1 heterocycles. The molecule has 1 amide bonds. The molecule has 0 radical (unpaired) electrons. The first-order chi connectivity index (χ1) is 11.9. The molecular weight excluding hydrogens is 360 g/mol. The van der Waals surface area contributed by atoms with Crippen LogP contribution in [0.3, 0.4) is 0 Å². The number of hydrogen-bond donors (Lipinski definition) is 1. The van der Waals surface area contributed by atoms with E-state index in [1.54, 1.807) is 30.2 Å². The molecule has 0 bridgehead atoms. The molecule has 1 fully saturated rings. The van der Waals surface area contributed by atoms with E-state index in [1.807, 2.05) is 30.3 Å².